The van der Waals surface area contributed by atoms with Gasteiger partial charge in [0.15, 0.2) is 0 Å². The van der Waals surface area contributed by atoms with E-state index in [9.17, 15) is 0 Å². The number of nitrogens with two attached hydrogens (primary N) is 1. The third-order valence-electron chi connectivity index (χ3n) is 3.09. The van der Waals surface area contributed by atoms with Crippen molar-refractivity contribution in [2.45, 2.75) is 25.8 Å². The molecular formula is C12H21N5O. The zero-order valence-corrected chi connectivity index (χ0v) is 11.0. The van der Waals surface area contributed by atoms with Gasteiger partial charge in [0.1, 0.15) is 5.82 Å². The third-order valence-corrected chi connectivity index (χ3v) is 3.09. The van der Waals surface area contributed by atoms with Gasteiger partial charge in [-0.1, -0.05) is 6.92 Å². The number of aromatic nitrogens is 2. The van der Waals surface area contributed by atoms with Gasteiger partial charge in [0.25, 0.3) is 0 Å². The summed E-state index contributed by atoms with van der Waals surface area (Å²) in [6.45, 7) is 5.56. The Labute approximate surface area is 108 Å². The summed E-state index contributed by atoms with van der Waals surface area (Å²) in [4.78, 5) is 10.6. The molecule has 1 aromatic heterocycles. The molecule has 0 bridgehead atoms. The first-order chi connectivity index (χ1) is 8.71. The quantitative estimate of drug-likeness (QED) is 0.812. The van der Waals surface area contributed by atoms with Gasteiger partial charge in [0.2, 0.25) is 11.8 Å². The summed E-state index contributed by atoms with van der Waals surface area (Å²) in [6, 6.07) is 2.20. The van der Waals surface area contributed by atoms with E-state index < -0.39 is 0 Å². The van der Waals surface area contributed by atoms with Gasteiger partial charge in [0.05, 0.1) is 7.11 Å². The highest BCUT2D eigenvalue weighted by molar-refractivity contribution is 5.43. The van der Waals surface area contributed by atoms with Crippen molar-refractivity contribution >= 4 is 11.8 Å². The van der Waals surface area contributed by atoms with Crippen molar-refractivity contribution < 1.29 is 4.74 Å². The lowest BCUT2D eigenvalue weighted by Gasteiger charge is -2.16. The lowest BCUT2D eigenvalue weighted by Crippen LogP contribution is -2.27. The fraction of sp³-hybridized carbons (Fsp3) is 0.667. The molecule has 1 unspecified atom stereocenters. The van der Waals surface area contributed by atoms with Crippen molar-refractivity contribution in [3.8, 4) is 5.88 Å². The number of nitrogens with zero attached hydrogens (tertiary/aromatic N) is 3. The van der Waals surface area contributed by atoms with Gasteiger partial charge in [-0.05, 0) is 19.4 Å². The number of hydrogen-bond donors (Lipinski definition) is 2. The van der Waals surface area contributed by atoms with Crippen LogP contribution in [-0.4, -0.2) is 47.7 Å². The predicted molar refractivity (Wildman–Crippen MR) is 71.8 cm³/mol. The van der Waals surface area contributed by atoms with Crippen LogP contribution >= 0.6 is 0 Å². The Bertz CT molecular complexity index is 398. The Morgan fingerprint density at radius 3 is 3.11 bits per heavy atom. The van der Waals surface area contributed by atoms with Crippen LogP contribution in [0, 0.1) is 0 Å². The third kappa shape index (κ3) is 3.22. The molecule has 1 aliphatic heterocycles. The molecule has 1 saturated heterocycles. The molecule has 6 nitrogen and oxygen atoms in total. The number of rotatable bonds is 5. The Morgan fingerprint density at radius 2 is 2.39 bits per heavy atom. The Hall–Kier alpha value is -1.56. The summed E-state index contributed by atoms with van der Waals surface area (Å²) in [7, 11) is 1.57. The van der Waals surface area contributed by atoms with Crippen LogP contribution in [0.25, 0.3) is 0 Å². The Balaban J connectivity index is 1.95. The minimum Gasteiger partial charge on any atom is -0.481 e. The van der Waals surface area contributed by atoms with E-state index >= 15 is 0 Å². The maximum atomic E-state index is 5.63. The summed E-state index contributed by atoms with van der Waals surface area (Å²) in [6.07, 6.45) is 2.33. The number of nitrogens with one attached hydrogen (secondary N) is 1. The van der Waals surface area contributed by atoms with E-state index in [2.05, 4.69) is 27.1 Å². The monoisotopic (exact) mass is 251 g/mol. The summed E-state index contributed by atoms with van der Waals surface area (Å²) in [5.41, 5.74) is 5.63. The zero-order valence-electron chi connectivity index (χ0n) is 11.0. The molecule has 18 heavy (non-hydrogen) atoms. The van der Waals surface area contributed by atoms with Crippen LogP contribution in [0.5, 0.6) is 5.88 Å². The van der Waals surface area contributed by atoms with E-state index in [1.54, 1.807) is 13.2 Å². The number of anilines is 2. The van der Waals surface area contributed by atoms with Crippen LogP contribution in [0.2, 0.25) is 0 Å². The number of likely N-dealkylation sites (tertiary alicyclic amines) is 1. The highest BCUT2D eigenvalue weighted by Gasteiger charge is 2.22. The fourth-order valence-electron chi connectivity index (χ4n) is 2.30. The average molecular weight is 251 g/mol. The molecule has 2 rings (SSSR count). The molecule has 1 atom stereocenters. The molecule has 100 valence electrons. The molecule has 0 saturated carbocycles. The minimum atomic E-state index is 0.236. The highest BCUT2D eigenvalue weighted by atomic mass is 16.5. The van der Waals surface area contributed by atoms with Gasteiger partial charge >= 0.3 is 0 Å². The second-order valence-electron chi connectivity index (χ2n) is 4.58. The topological polar surface area (TPSA) is 76.3 Å². The van der Waals surface area contributed by atoms with E-state index in [1.807, 2.05) is 0 Å². The van der Waals surface area contributed by atoms with Gasteiger partial charge in [-0.2, -0.15) is 9.97 Å². The van der Waals surface area contributed by atoms with Crippen molar-refractivity contribution in [3.05, 3.63) is 6.07 Å². The van der Waals surface area contributed by atoms with Gasteiger partial charge in [-0.15, -0.1) is 0 Å². The molecule has 0 spiro atoms. The summed E-state index contributed by atoms with van der Waals surface area (Å²) in [5, 5.41) is 3.39. The van der Waals surface area contributed by atoms with E-state index in [0.29, 0.717) is 11.9 Å². The minimum absolute atomic E-state index is 0.236. The van der Waals surface area contributed by atoms with Crippen LogP contribution in [0.1, 0.15) is 19.8 Å². The average Bonchev–Trinajstić information content (AvgIpc) is 2.76. The standard InChI is InChI=1S/C12H21N5O/c1-3-5-17-6-4-9(8-17)14-10-7-11(18-2)16-12(13)15-10/h7,9H,3-6,8H2,1-2H3,(H3,13,14,15,16). The predicted octanol–water partition coefficient (Wildman–Crippen LogP) is 0.964. The normalized spacial score (nSPS) is 20.0. The molecule has 3 N–H and O–H groups in total. The van der Waals surface area contributed by atoms with Gasteiger partial charge in [0, 0.05) is 25.2 Å². The van der Waals surface area contributed by atoms with Gasteiger partial charge < -0.3 is 20.7 Å². The first kappa shape index (κ1) is 12.9. The zero-order chi connectivity index (χ0) is 13.0. The largest absolute Gasteiger partial charge is 0.481 e. The van der Waals surface area contributed by atoms with Crippen LogP contribution < -0.4 is 15.8 Å². The summed E-state index contributed by atoms with van der Waals surface area (Å²) in [5.74, 6) is 1.47. The van der Waals surface area contributed by atoms with E-state index in [-0.39, 0.29) is 5.95 Å². The second kappa shape index (κ2) is 5.86. The second-order valence-corrected chi connectivity index (χ2v) is 4.58. The first-order valence-electron chi connectivity index (χ1n) is 6.38. The SMILES string of the molecule is CCCN1CCC(Nc2cc(OC)nc(N)n2)C1. The number of hydrogen-bond acceptors (Lipinski definition) is 6. The molecule has 0 amide bonds. The molecular weight excluding hydrogens is 230 g/mol. The molecule has 1 aromatic rings. The highest BCUT2D eigenvalue weighted by Crippen LogP contribution is 2.18. The van der Waals surface area contributed by atoms with Crippen molar-refractivity contribution in [2.75, 3.05) is 37.8 Å². The van der Waals surface area contributed by atoms with Crippen molar-refractivity contribution in [3.63, 3.8) is 0 Å². The molecule has 1 fully saturated rings. The summed E-state index contributed by atoms with van der Waals surface area (Å²) >= 11 is 0. The Kier molecular flexibility index (Phi) is 4.19. The van der Waals surface area contributed by atoms with Crippen molar-refractivity contribution in [2.24, 2.45) is 0 Å². The lowest BCUT2D eigenvalue weighted by molar-refractivity contribution is 0.337. The van der Waals surface area contributed by atoms with Crippen LogP contribution in [0.15, 0.2) is 6.07 Å². The van der Waals surface area contributed by atoms with E-state index in [0.717, 1.165) is 31.9 Å². The Morgan fingerprint density at radius 1 is 1.56 bits per heavy atom. The molecule has 1 aliphatic rings. The molecule has 2 heterocycles. The maximum Gasteiger partial charge on any atom is 0.225 e. The van der Waals surface area contributed by atoms with Crippen LogP contribution in [-0.2, 0) is 0 Å². The number of methoxy groups -OCH3 is 1. The number of ether oxygens (including phenoxy) is 1. The smallest absolute Gasteiger partial charge is 0.225 e. The van der Waals surface area contributed by atoms with Crippen molar-refractivity contribution in [1.29, 1.82) is 0 Å². The fourth-order valence-corrected chi connectivity index (χ4v) is 2.30. The van der Waals surface area contributed by atoms with E-state index in [4.69, 9.17) is 10.5 Å². The maximum absolute atomic E-state index is 5.63. The van der Waals surface area contributed by atoms with E-state index in [1.165, 1.54) is 6.42 Å². The number of nitrogen functional groups attached to an aromatic ring is 1. The molecule has 6 heteroatoms. The lowest BCUT2D eigenvalue weighted by atomic mass is 10.2. The van der Waals surface area contributed by atoms with Gasteiger partial charge in [-0.3, -0.25) is 0 Å². The van der Waals surface area contributed by atoms with Crippen molar-refractivity contribution in [1.82, 2.24) is 14.9 Å². The van der Waals surface area contributed by atoms with Crippen LogP contribution in [0.3, 0.4) is 0 Å². The molecule has 0 aromatic carbocycles. The molecule has 0 aliphatic carbocycles. The van der Waals surface area contributed by atoms with Gasteiger partial charge in [-0.25, -0.2) is 0 Å². The first-order valence-corrected chi connectivity index (χ1v) is 6.38. The van der Waals surface area contributed by atoms with Crippen LogP contribution in [0.4, 0.5) is 11.8 Å². The molecule has 0 radical (unpaired) electrons. The summed E-state index contributed by atoms with van der Waals surface area (Å²) < 4.78 is 5.08.